The molecule has 1 N–H and O–H groups in total. The molecule has 2 unspecified atom stereocenters. The summed E-state index contributed by atoms with van der Waals surface area (Å²) in [5.74, 6) is 0.267. The molecule has 0 radical (unpaired) electrons. The van der Waals surface area contributed by atoms with Crippen molar-refractivity contribution in [2.24, 2.45) is 5.92 Å². The molecule has 4 heterocycles. The number of fused-ring (bicyclic) bond motifs is 1. The van der Waals surface area contributed by atoms with Gasteiger partial charge in [0.15, 0.2) is 0 Å². The second-order valence-corrected chi connectivity index (χ2v) is 9.15. The number of carbonyl (C=O) groups excluding carboxylic acids is 1. The first-order valence-electron chi connectivity index (χ1n) is 10.9. The normalized spacial score (nSPS) is 17.8. The van der Waals surface area contributed by atoms with Crippen LogP contribution in [0.5, 0.6) is 0 Å². The van der Waals surface area contributed by atoms with Crippen molar-refractivity contribution < 1.29 is 4.79 Å². The van der Waals surface area contributed by atoms with Gasteiger partial charge in [-0.3, -0.25) is 24.6 Å². The first-order valence-corrected chi connectivity index (χ1v) is 11.8. The highest BCUT2D eigenvalue weighted by molar-refractivity contribution is 7.12. The molecule has 1 fully saturated rings. The number of likely N-dealkylation sites (tertiary alicyclic amines) is 1. The molecule has 0 spiro atoms. The van der Waals surface area contributed by atoms with Crippen molar-refractivity contribution >= 4 is 28.3 Å². The summed E-state index contributed by atoms with van der Waals surface area (Å²) in [6.07, 6.45) is 7.41. The summed E-state index contributed by atoms with van der Waals surface area (Å²) in [5.41, 5.74) is 3.99. The van der Waals surface area contributed by atoms with Gasteiger partial charge in [-0.2, -0.15) is 0 Å². The third-order valence-corrected chi connectivity index (χ3v) is 6.86. The average molecular weight is 444 g/mol. The van der Waals surface area contributed by atoms with Crippen LogP contribution in [-0.2, 0) is 6.54 Å². The van der Waals surface area contributed by atoms with Crippen molar-refractivity contribution in [1.82, 2.24) is 25.2 Å². The van der Waals surface area contributed by atoms with Gasteiger partial charge in [0.05, 0.1) is 27.6 Å². The minimum Gasteiger partial charge on any atom is -0.343 e. The number of carbonyl (C=O) groups is 1. The van der Waals surface area contributed by atoms with E-state index in [2.05, 4.69) is 37.3 Å². The summed E-state index contributed by atoms with van der Waals surface area (Å²) in [5, 5.41) is 5.21. The quantitative estimate of drug-likeness (QED) is 0.476. The van der Waals surface area contributed by atoms with Gasteiger partial charge in [-0.25, -0.2) is 0 Å². The zero-order valence-electron chi connectivity index (χ0n) is 17.7. The van der Waals surface area contributed by atoms with Crippen LogP contribution in [0.25, 0.3) is 11.0 Å². The summed E-state index contributed by atoms with van der Waals surface area (Å²) in [4.78, 5) is 29.5. The van der Waals surface area contributed by atoms with Crippen molar-refractivity contribution in [2.45, 2.75) is 25.4 Å². The lowest BCUT2D eigenvalue weighted by molar-refractivity contribution is 0.0879. The van der Waals surface area contributed by atoms with Crippen LogP contribution in [0.3, 0.4) is 0 Å². The van der Waals surface area contributed by atoms with Gasteiger partial charge in [-0.15, -0.1) is 11.3 Å². The predicted octanol–water partition coefficient (Wildman–Crippen LogP) is 4.47. The van der Waals surface area contributed by atoms with E-state index in [0.717, 1.165) is 54.1 Å². The van der Waals surface area contributed by atoms with Crippen LogP contribution in [0.2, 0.25) is 0 Å². The number of amides is 1. The second kappa shape index (κ2) is 9.54. The fourth-order valence-corrected chi connectivity index (χ4v) is 5.11. The Labute approximate surface area is 191 Å². The second-order valence-electron chi connectivity index (χ2n) is 8.20. The molecule has 0 saturated carbocycles. The summed E-state index contributed by atoms with van der Waals surface area (Å²) in [6, 6.07) is 15.9. The largest absolute Gasteiger partial charge is 0.343 e. The van der Waals surface area contributed by atoms with Crippen LogP contribution in [0.1, 0.15) is 39.8 Å². The van der Waals surface area contributed by atoms with E-state index in [9.17, 15) is 4.79 Å². The van der Waals surface area contributed by atoms with Gasteiger partial charge in [0.1, 0.15) is 0 Å². The number of piperidine rings is 1. The summed E-state index contributed by atoms with van der Waals surface area (Å²) in [6.45, 7) is 2.81. The topological polar surface area (TPSA) is 71.0 Å². The maximum absolute atomic E-state index is 12.9. The van der Waals surface area contributed by atoms with Gasteiger partial charge < -0.3 is 5.32 Å². The van der Waals surface area contributed by atoms with Gasteiger partial charge in [0, 0.05) is 31.7 Å². The molecule has 32 heavy (non-hydrogen) atoms. The fourth-order valence-electron chi connectivity index (χ4n) is 4.49. The number of hydrogen-bond acceptors (Lipinski definition) is 6. The molecule has 4 aromatic rings. The van der Waals surface area contributed by atoms with Crippen LogP contribution in [0.15, 0.2) is 72.5 Å². The van der Waals surface area contributed by atoms with E-state index >= 15 is 0 Å². The molecule has 1 aliphatic heterocycles. The van der Waals surface area contributed by atoms with Crippen LogP contribution in [0, 0.1) is 5.92 Å². The Kier molecular flexibility index (Phi) is 6.18. The highest BCUT2D eigenvalue weighted by atomic mass is 32.1. The number of thiophene rings is 1. The molecule has 1 aliphatic rings. The lowest BCUT2D eigenvalue weighted by Gasteiger charge is -2.37. The zero-order valence-corrected chi connectivity index (χ0v) is 18.5. The van der Waals surface area contributed by atoms with Crippen molar-refractivity contribution in [1.29, 1.82) is 0 Å². The Bertz CT molecular complexity index is 1180. The van der Waals surface area contributed by atoms with Gasteiger partial charge in [0.2, 0.25) is 0 Å². The Hall–Kier alpha value is -3.16. The molecule has 2 atom stereocenters. The zero-order chi connectivity index (χ0) is 21.8. The first-order chi connectivity index (χ1) is 15.8. The molecule has 1 aromatic carbocycles. The Morgan fingerprint density at radius 2 is 1.97 bits per heavy atom. The predicted molar refractivity (Wildman–Crippen MR) is 126 cm³/mol. The van der Waals surface area contributed by atoms with Crippen LogP contribution < -0.4 is 5.32 Å². The third-order valence-electron chi connectivity index (χ3n) is 5.99. The van der Waals surface area contributed by atoms with Gasteiger partial charge in [-0.05, 0) is 66.6 Å². The van der Waals surface area contributed by atoms with Crippen LogP contribution >= 0.6 is 11.3 Å². The van der Waals surface area contributed by atoms with Crippen molar-refractivity contribution in [3.05, 3.63) is 88.6 Å². The van der Waals surface area contributed by atoms with Crippen LogP contribution in [-0.4, -0.2) is 38.8 Å². The molecule has 3 aromatic heterocycles. The van der Waals surface area contributed by atoms with E-state index in [-0.39, 0.29) is 11.9 Å². The maximum atomic E-state index is 12.9. The highest BCUT2D eigenvalue weighted by Crippen LogP contribution is 2.30. The number of pyridine rings is 1. The number of hydrogen-bond donors (Lipinski definition) is 1. The molecule has 0 aliphatic carbocycles. The number of nitrogens with one attached hydrogen (secondary N) is 1. The van der Waals surface area contributed by atoms with Gasteiger partial charge in [-0.1, -0.05) is 18.2 Å². The molecule has 7 heteroatoms. The lowest BCUT2D eigenvalue weighted by Crippen LogP contribution is -2.42. The average Bonchev–Trinajstić information content (AvgIpc) is 3.38. The summed E-state index contributed by atoms with van der Waals surface area (Å²) < 4.78 is 0. The Morgan fingerprint density at radius 3 is 2.78 bits per heavy atom. The number of aromatic nitrogens is 3. The first kappa shape index (κ1) is 20.7. The Balaban J connectivity index is 1.34. The molecular weight excluding hydrogens is 418 g/mol. The van der Waals surface area contributed by atoms with Gasteiger partial charge >= 0.3 is 0 Å². The fraction of sp³-hybridized carbons (Fsp3) is 0.280. The smallest absolute Gasteiger partial charge is 0.261 e. The van der Waals surface area contributed by atoms with Gasteiger partial charge in [0.25, 0.3) is 5.91 Å². The van der Waals surface area contributed by atoms with E-state index < -0.39 is 0 Å². The molecule has 5 rings (SSSR count). The lowest BCUT2D eigenvalue weighted by atomic mass is 9.88. The van der Waals surface area contributed by atoms with E-state index in [1.165, 1.54) is 16.9 Å². The molecule has 1 amide bonds. The van der Waals surface area contributed by atoms with Crippen LogP contribution in [0.4, 0.5) is 0 Å². The number of benzene rings is 1. The molecule has 162 valence electrons. The van der Waals surface area contributed by atoms with Crippen molar-refractivity contribution in [2.75, 3.05) is 13.1 Å². The molecule has 6 nitrogen and oxygen atoms in total. The Morgan fingerprint density at radius 1 is 1.06 bits per heavy atom. The van der Waals surface area contributed by atoms with E-state index in [0.29, 0.717) is 5.92 Å². The van der Waals surface area contributed by atoms with E-state index in [4.69, 9.17) is 0 Å². The summed E-state index contributed by atoms with van der Waals surface area (Å²) in [7, 11) is 0. The SMILES string of the molecule is O=C(NC(c1ccccn1)C1CCCN(Cc2ccc3nccnc3c2)C1)c1cccs1. The third kappa shape index (κ3) is 4.69. The van der Waals surface area contributed by atoms with E-state index in [1.54, 1.807) is 18.6 Å². The minimum atomic E-state index is -0.115. The molecular formula is C25H25N5OS. The number of nitrogens with zero attached hydrogens (tertiary/aromatic N) is 4. The van der Waals surface area contributed by atoms with Crippen molar-refractivity contribution in [3.63, 3.8) is 0 Å². The highest BCUT2D eigenvalue weighted by Gasteiger charge is 2.31. The standard InChI is InChI=1S/C25H25N5OS/c31-25(23-7-4-14-32-23)29-24(21-6-1-2-10-26-21)19-5-3-13-30(17-19)16-18-8-9-20-22(15-18)28-12-11-27-20/h1-2,4,6-12,14-15,19,24H,3,5,13,16-17H2,(H,29,31). The molecule has 1 saturated heterocycles. The van der Waals surface area contributed by atoms with E-state index in [1.807, 2.05) is 41.8 Å². The monoisotopic (exact) mass is 443 g/mol. The molecule has 0 bridgehead atoms. The number of rotatable bonds is 6. The maximum Gasteiger partial charge on any atom is 0.261 e. The summed E-state index contributed by atoms with van der Waals surface area (Å²) >= 11 is 1.46. The van der Waals surface area contributed by atoms with Crippen molar-refractivity contribution in [3.8, 4) is 0 Å². The minimum absolute atomic E-state index is 0.0270.